The lowest BCUT2D eigenvalue weighted by Gasteiger charge is -2.23. The maximum absolute atomic E-state index is 13.2. The maximum atomic E-state index is 13.2. The van der Waals surface area contributed by atoms with Gasteiger partial charge in [0.05, 0.1) is 13.2 Å². The lowest BCUT2D eigenvalue weighted by atomic mass is 10.1. The Morgan fingerprint density at radius 3 is 2.10 bits per heavy atom. The average molecular weight is 550 g/mol. The molecule has 1 unspecified atom stereocenters. The number of aryl methyl sites for hydroxylation is 3. The van der Waals surface area contributed by atoms with E-state index in [1.165, 1.54) is 0 Å². The molecule has 0 saturated heterocycles. The van der Waals surface area contributed by atoms with Gasteiger partial charge in [-0.1, -0.05) is 48.0 Å². The second-order valence-electron chi connectivity index (χ2n) is 9.58. The van der Waals surface area contributed by atoms with Crippen LogP contribution in [0.15, 0.2) is 66.7 Å². The van der Waals surface area contributed by atoms with E-state index in [2.05, 4.69) is 0 Å². The molecule has 0 saturated carbocycles. The molecular formula is C32H39NO7. The van der Waals surface area contributed by atoms with Gasteiger partial charge in [-0.25, -0.2) is 9.59 Å². The molecule has 214 valence electrons. The summed E-state index contributed by atoms with van der Waals surface area (Å²) < 4.78 is 22.8. The Morgan fingerprint density at radius 2 is 1.48 bits per heavy atom. The predicted octanol–water partition coefficient (Wildman–Crippen LogP) is 5.99. The SMILES string of the molecule is CCOC(Cc1ccc(OCCN(CCCOc2ccccc2)C(=O)Oc2c(C)cc(C)cc2C)cc1)C(=O)O. The number of nitrogens with zero attached hydrogens (tertiary/aromatic N) is 1. The van der Waals surface area contributed by atoms with Crippen LogP contribution in [0.4, 0.5) is 4.79 Å². The van der Waals surface area contributed by atoms with Crippen molar-refractivity contribution in [3.63, 3.8) is 0 Å². The molecule has 3 aromatic rings. The zero-order valence-corrected chi connectivity index (χ0v) is 23.7. The molecule has 0 heterocycles. The number of carboxylic acids is 1. The first-order valence-electron chi connectivity index (χ1n) is 13.6. The molecule has 0 aliphatic heterocycles. The van der Waals surface area contributed by atoms with Crippen molar-refractivity contribution < 1.29 is 33.6 Å². The Bertz CT molecular complexity index is 1200. The molecular weight excluding hydrogens is 510 g/mol. The number of ether oxygens (including phenoxy) is 4. The van der Waals surface area contributed by atoms with Crippen molar-refractivity contribution in [1.29, 1.82) is 0 Å². The van der Waals surface area contributed by atoms with Crippen molar-refractivity contribution in [3.05, 3.63) is 89.0 Å². The topological polar surface area (TPSA) is 94.5 Å². The van der Waals surface area contributed by atoms with Gasteiger partial charge in [-0.15, -0.1) is 0 Å². The fourth-order valence-electron chi connectivity index (χ4n) is 4.36. The van der Waals surface area contributed by atoms with Crippen molar-refractivity contribution in [2.45, 2.75) is 46.6 Å². The minimum absolute atomic E-state index is 0.260. The van der Waals surface area contributed by atoms with Gasteiger partial charge in [0.1, 0.15) is 23.9 Å². The summed E-state index contributed by atoms with van der Waals surface area (Å²) in [4.78, 5) is 26.2. The van der Waals surface area contributed by atoms with E-state index >= 15 is 0 Å². The summed E-state index contributed by atoms with van der Waals surface area (Å²) >= 11 is 0. The first kappa shape index (κ1) is 30.5. The van der Waals surface area contributed by atoms with E-state index in [1.807, 2.05) is 75.4 Å². The van der Waals surface area contributed by atoms with Gasteiger partial charge in [0.25, 0.3) is 0 Å². The third kappa shape index (κ3) is 9.61. The number of benzene rings is 3. The summed E-state index contributed by atoms with van der Waals surface area (Å²) in [6.45, 7) is 9.45. The molecule has 3 rings (SSSR count). The van der Waals surface area contributed by atoms with Crippen LogP contribution in [0.5, 0.6) is 17.2 Å². The predicted molar refractivity (Wildman–Crippen MR) is 153 cm³/mol. The number of hydrogen-bond acceptors (Lipinski definition) is 6. The fraction of sp³-hybridized carbons (Fsp3) is 0.375. The minimum atomic E-state index is -0.987. The van der Waals surface area contributed by atoms with E-state index in [-0.39, 0.29) is 13.0 Å². The van der Waals surface area contributed by atoms with Gasteiger partial charge in [0.15, 0.2) is 6.10 Å². The first-order chi connectivity index (χ1) is 19.3. The van der Waals surface area contributed by atoms with E-state index in [0.717, 1.165) is 28.0 Å². The molecule has 0 aromatic heterocycles. The highest BCUT2D eigenvalue weighted by Gasteiger charge is 2.19. The summed E-state index contributed by atoms with van der Waals surface area (Å²) in [5, 5.41) is 9.30. The minimum Gasteiger partial charge on any atom is -0.494 e. The molecule has 0 radical (unpaired) electrons. The Labute approximate surface area is 236 Å². The molecule has 1 atom stereocenters. The van der Waals surface area contributed by atoms with Crippen LogP contribution in [0.25, 0.3) is 0 Å². The van der Waals surface area contributed by atoms with Crippen molar-refractivity contribution >= 4 is 12.1 Å². The Kier molecular flexibility index (Phi) is 11.8. The molecule has 0 spiro atoms. The number of aliphatic carboxylic acids is 1. The first-order valence-corrected chi connectivity index (χ1v) is 13.6. The van der Waals surface area contributed by atoms with Gasteiger partial charge in [-0.05, 0) is 75.1 Å². The molecule has 3 aromatic carbocycles. The van der Waals surface area contributed by atoms with Gasteiger partial charge in [0.2, 0.25) is 0 Å². The van der Waals surface area contributed by atoms with Gasteiger partial charge in [-0.3, -0.25) is 0 Å². The van der Waals surface area contributed by atoms with Crippen molar-refractivity contribution in [3.8, 4) is 17.2 Å². The molecule has 8 heteroatoms. The normalized spacial score (nSPS) is 11.5. The number of para-hydroxylation sites is 1. The fourth-order valence-corrected chi connectivity index (χ4v) is 4.36. The van der Waals surface area contributed by atoms with Crippen LogP contribution in [0.3, 0.4) is 0 Å². The Hall–Kier alpha value is -4.04. The van der Waals surface area contributed by atoms with Gasteiger partial charge >= 0.3 is 12.1 Å². The number of carbonyl (C=O) groups excluding carboxylic acids is 1. The van der Waals surface area contributed by atoms with Gasteiger partial charge in [0, 0.05) is 19.6 Å². The van der Waals surface area contributed by atoms with Crippen LogP contribution in [0, 0.1) is 20.8 Å². The zero-order valence-electron chi connectivity index (χ0n) is 23.7. The van der Waals surface area contributed by atoms with Crippen LogP contribution < -0.4 is 14.2 Å². The van der Waals surface area contributed by atoms with E-state index in [1.54, 1.807) is 24.0 Å². The standard InChI is InChI=1S/C32H39NO7/c1-5-37-29(31(34)35)22-26-12-14-28(15-13-26)39-19-17-33(16-9-18-38-27-10-7-6-8-11-27)32(36)40-30-24(3)20-23(2)21-25(30)4/h6-8,10-15,20-21,29H,5,9,16-19,22H2,1-4H3,(H,34,35). The number of carbonyl (C=O) groups is 2. The van der Waals surface area contributed by atoms with Crippen LogP contribution in [0.2, 0.25) is 0 Å². The van der Waals surface area contributed by atoms with Gasteiger partial charge < -0.3 is 29.0 Å². The monoisotopic (exact) mass is 549 g/mol. The van der Waals surface area contributed by atoms with Crippen LogP contribution >= 0.6 is 0 Å². The summed E-state index contributed by atoms with van der Waals surface area (Å²) in [7, 11) is 0. The van der Waals surface area contributed by atoms with E-state index in [0.29, 0.717) is 44.2 Å². The van der Waals surface area contributed by atoms with Gasteiger partial charge in [-0.2, -0.15) is 0 Å². The van der Waals surface area contributed by atoms with Crippen LogP contribution in [-0.4, -0.2) is 61.1 Å². The second kappa shape index (κ2) is 15.5. The summed E-state index contributed by atoms with van der Waals surface area (Å²) in [6.07, 6.45) is -0.437. The van der Waals surface area contributed by atoms with E-state index in [9.17, 15) is 14.7 Å². The highest BCUT2D eigenvalue weighted by atomic mass is 16.6. The molecule has 0 aliphatic rings. The molecule has 1 amide bonds. The smallest absolute Gasteiger partial charge is 0.415 e. The second-order valence-corrected chi connectivity index (χ2v) is 9.58. The number of hydrogen-bond donors (Lipinski definition) is 1. The molecule has 0 bridgehead atoms. The number of carboxylic acid groups (broad SMARTS) is 1. The van der Waals surface area contributed by atoms with Crippen LogP contribution in [-0.2, 0) is 16.0 Å². The number of amides is 1. The van der Waals surface area contributed by atoms with Crippen molar-refractivity contribution in [1.82, 2.24) is 4.90 Å². The van der Waals surface area contributed by atoms with E-state index < -0.39 is 18.2 Å². The highest BCUT2D eigenvalue weighted by molar-refractivity contribution is 5.73. The van der Waals surface area contributed by atoms with Crippen LogP contribution in [0.1, 0.15) is 35.6 Å². The molecule has 0 aliphatic carbocycles. The highest BCUT2D eigenvalue weighted by Crippen LogP contribution is 2.25. The molecule has 0 fully saturated rings. The average Bonchev–Trinajstić information content (AvgIpc) is 2.93. The lowest BCUT2D eigenvalue weighted by molar-refractivity contribution is -0.149. The van der Waals surface area contributed by atoms with Crippen molar-refractivity contribution in [2.24, 2.45) is 0 Å². The third-order valence-electron chi connectivity index (χ3n) is 6.25. The number of rotatable bonds is 15. The Balaban J connectivity index is 1.59. The summed E-state index contributed by atoms with van der Waals surface area (Å²) in [5.41, 5.74) is 3.76. The third-order valence-corrected chi connectivity index (χ3v) is 6.25. The summed E-state index contributed by atoms with van der Waals surface area (Å²) in [5.74, 6) is 0.993. The molecule has 1 N–H and O–H groups in total. The largest absolute Gasteiger partial charge is 0.494 e. The van der Waals surface area contributed by atoms with E-state index in [4.69, 9.17) is 18.9 Å². The Morgan fingerprint density at radius 1 is 0.850 bits per heavy atom. The quantitative estimate of drug-likeness (QED) is 0.233. The molecule has 40 heavy (non-hydrogen) atoms. The maximum Gasteiger partial charge on any atom is 0.415 e. The van der Waals surface area contributed by atoms with Crippen molar-refractivity contribution in [2.75, 3.05) is 32.9 Å². The zero-order chi connectivity index (χ0) is 28.9. The lowest BCUT2D eigenvalue weighted by Crippen LogP contribution is -2.38. The summed E-state index contributed by atoms with van der Waals surface area (Å²) in [6, 6.07) is 20.8. The molecule has 8 nitrogen and oxygen atoms in total.